The summed E-state index contributed by atoms with van der Waals surface area (Å²) in [4.78, 5) is 27.8. The molecule has 9 heteroatoms. The van der Waals surface area contributed by atoms with Gasteiger partial charge in [-0.1, -0.05) is 12.1 Å². The Labute approximate surface area is 173 Å². The molecule has 1 amide bonds. The second kappa shape index (κ2) is 8.62. The number of likely N-dealkylation sites (N-methyl/N-ethyl adjacent to an activating group) is 1. The first-order valence-electron chi connectivity index (χ1n) is 9.28. The van der Waals surface area contributed by atoms with Crippen molar-refractivity contribution in [3.05, 3.63) is 47.1 Å². The second-order valence-electron chi connectivity index (χ2n) is 6.90. The van der Waals surface area contributed by atoms with Crippen LogP contribution in [0.15, 0.2) is 36.4 Å². The molecular weight excluding hydrogens is 417 g/mol. The Morgan fingerprint density at radius 3 is 2.52 bits per heavy atom. The van der Waals surface area contributed by atoms with Gasteiger partial charge in [-0.2, -0.15) is 0 Å². The number of rotatable bonds is 6. The van der Waals surface area contributed by atoms with E-state index in [1.165, 1.54) is 35.3 Å². The molecule has 0 spiro atoms. The minimum Gasteiger partial charge on any atom is -0.448 e. The van der Waals surface area contributed by atoms with Crippen LogP contribution < -0.4 is 0 Å². The molecule has 2 aromatic rings. The third-order valence-electron chi connectivity index (χ3n) is 4.84. The molecule has 0 N–H and O–H groups in total. The maximum atomic E-state index is 13.1. The first-order chi connectivity index (χ1) is 13.7. The van der Waals surface area contributed by atoms with Gasteiger partial charge in [0, 0.05) is 17.5 Å². The van der Waals surface area contributed by atoms with Crippen molar-refractivity contribution in [3.8, 4) is 10.4 Å². The zero-order valence-electron chi connectivity index (χ0n) is 16.1. The standard InChI is InChI=1S/C20H22FNO5S2/c1-3-22(16-10-11-29(25,26)12-16)19(23)13(2)27-20(24)18-9-8-17(28-18)14-4-6-15(21)7-5-14/h4-9,13,16H,3,10-12H2,1-2H3. The predicted octanol–water partition coefficient (Wildman–Crippen LogP) is 3.14. The highest BCUT2D eigenvalue weighted by Gasteiger charge is 2.36. The highest BCUT2D eigenvalue weighted by atomic mass is 32.2. The maximum absolute atomic E-state index is 13.1. The van der Waals surface area contributed by atoms with Gasteiger partial charge in [-0.25, -0.2) is 17.6 Å². The van der Waals surface area contributed by atoms with Crippen LogP contribution in [-0.4, -0.2) is 55.4 Å². The third kappa shape index (κ3) is 5.02. The lowest BCUT2D eigenvalue weighted by Gasteiger charge is -2.29. The summed E-state index contributed by atoms with van der Waals surface area (Å²) in [5.74, 6) is -1.36. The van der Waals surface area contributed by atoms with Crippen LogP contribution in [0.4, 0.5) is 4.39 Å². The van der Waals surface area contributed by atoms with Crippen LogP contribution in [0.25, 0.3) is 10.4 Å². The maximum Gasteiger partial charge on any atom is 0.349 e. The van der Waals surface area contributed by atoms with Crippen molar-refractivity contribution in [2.75, 3.05) is 18.1 Å². The number of thiophene rings is 1. The number of hydrogen-bond donors (Lipinski definition) is 0. The average Bonchev–Trinajstić information content (AvgIpc) is 3.30. The number of halogens is 1. The number of carbonyl (C=O) groups excluding carboxylic acids is 2. The molecule has 6 nitrogen and oxygen atoms in total. The van der Waals surface area contributed by atoms with Gasteiger partial charge in [0.1, 0.15) is 10.7 Å². The molecule has 2 unspecified atom stereocenters. The largest absolute Gasteiger partial charge is 0.448 e. The smallest absolute Gasteiger partial charge is 0.349 e. The molecule has 1 aliphatic heterocycles. The number of amides is 1. The Kier molecular flexibility index (Phi) is 6.38. The lowest BCUT2D eigenvalue weighted by molar-refractivity contribution is -0.141. The van der Waals surface area contributed by atoms with Crippen LogP contribution in [0.3, 0.4) is 0 Å². The van der Waals surface area contributed by atoms with Gasteiger partial charge in [-0.3, -0.25) is 4.79 Å². The van der Waals surface area contributed by atoms with E-state index in [-0.39, 0.29) is 23.4 Å². The van der Waals surface area contributed by atoms with Gasteiger partial charge in [0.15, 0.2) is 15.9 Å². The molecule has 2 heterocycles. The van der Waals surface area contributed by atoms with Crippen LogP contribution in [0.1, 0.15) is 29.9 Å². The molecule has 3 rings (SSSR count). The summed E-state index contributed by atoms with van der Waals surface area (Å²) in [7, 11) is -3.13. The molecule has 156 valence electrons. The zero-order valence-corrected chi connectivity index (χ0v) is 17.8. The monoisotopic (exact) mass is 439 g/mol. The number of benzene rings is 1. The number of esters is 1. The number of carbonyl (C=O) groups is 2. The van der Waals surface area contributed by atoms with Gasteiger partial charge in [-0.15, -0.1) is 11.3 Å². The Bertz CT molecular complexity index is 1000. The topological polar surface area (TPSA) is 80.8 Å². The minimum absolute atomic E-state index is 0.0563. The molecule has 2 atom stereocenters. The summed E-state index contributed by atoms with van der Waals surface area (Å²) < 4.78 is 41.8. The van der Waals surface area contributed by atoms with E-state index >= 15 is 0 Å². The summed E-state index contributed by atoms with van der Waals surface area (Å²) in [6.07, 6.45) is -0.628. The van der Waals surface area contributed by atoms with Crippen molar-refractivity contribution in [2.24, 2.45) is 0 Å². The molecule has 1 aliphatic rings. The van der Waals surface area contributed by atoms with Crippen LogP contribution >= 0.6 is 11.3 Å². The van der Waals surface area contributed by atoms with Crippen LogP contribution in [0, 0.1) is 5.82 Å². The SMILES string of the molecule is CCN(C(=O)C(C)OC(=O)c1ccc(-c2ccc(F)cc2)s1)C1CCS(=O)(=O)C1. The Morgan fingerprint density at radius 1 is 1.24 bits per heavy atom. The van der Waals surface area contributed by atoms with E-state index in [0.29, 0.717) is 17.8 Å². The first kappa shape index (κ1) is 21.4. The summed E-state index contributed by atoms with van der Waals surface area (Å²) >= 11 is 1.19. The lowest BCUT2D eigenvalue weighted by Crippen LogP contribution is -2.46. The fourth-order valence-electron chi connectivity index (χ4n) is 3.33. The van der Waals surface area contributed by atoms with Gasteiger partial charge >= 0.3 is 5.97 Å². The van der Waals surface area contributed by atoms with Crippen molar-refractivity contribution in [1.29, 1.82) is 0 Å². The van der Waals surface area contributed by atoms with Gasteiger partial charge in [0.2, 0.25) is 0 Å². The molecule has 1 saturated heterocycles. The number of nitrogens with zero attached hydrogens (tertiary/aromatic N) is 1. The van der Waals surface area contributed by atoms with Gasteiger partial charge in [-0.05, 0) is 50.1 Å². The summed E-state index contributed by atoms with van der Waals surface area (Å²) in [6, 6.07) is 8.89. The third-order valence-corrected chi connectivity index (χ3v) is 7.71. The Hall–Kier alpha value is -2.26. The molecule has 0 aliphatic carbocycles. The fourth-order valence-corrected chi connectivity index (χ4v) is 5.96. The number of sulfone groups is 1. The molecule has 29 heavy (non-hydrogen) atoms. The second-order valence-corrected chi connectivity index (χ2v) is 10.2. The summed E-state index contributed by atoms with van der Waals surface area (Å²) in [5.41, 5.74) is 0.777. The van der Waals surface area contributed by atoms with Crippen LogP contribution in [0.2, 0.25) is 0 Å². The minimum atomic E-state index is -3.13. The fraction of sp³-hybridized carbons (Fsp3) is 0.400. The van der Waals surface area contributed by atoms with Crippen molar-refractivity contribution < 1.29 is 27.1 Å². The average molecular weight is 440 g/mol. The van der Waals surface area contributed by atoms with E-state index in [1.807, 2.05) is 0 Å². The Balaban J connectivity index is 1.65. The van der Waals surface area contributed by atoms with Crippen molar-refractivity contribution in [2.45, 2.75) is 32.4 Å². The van der Waals surface area contributed by atoms with Crippen LogP contribution in [0.5, 0.6) is 0 Å². The predicted molar refractivity (Wildman–Crippen MR) is 109 cm³/mol. The number of hydrogen-bond acceptors (Lipinski definition) is 6. The normalized spacial score (nSPS) is 18.9. The molecule has 0 saturated carbocycles. The molecule has 1 fully saturated rings. The molecule has 0 radical (unpaired) electrons. The van der Waals surface area contributed by atoms with E-state index in [0.717, 1.165) is 10.4 Å². The highest BCUT2D eigenvalue weighted by molar-refractivity contribution is 7.91. The van der Waals surface area contributed by atoms with Crippen LogP contribution in [-0.2, 0) is 19.4 Å². The van der Waals surface area contributed by atoms with E-state index in [1.54, 1.807) is 31.2 Å². The quantitative estimate of drug-likeness (QED) is 0.646. The van der Waals surface area contributed by atoms with Crippen molar-refractivity contribution in [1.82, 2.24) is 4.90 Å². The summed E-state index contributed by atoms with van der Waals surface area (Å²) in [6.45, 7) is 3.60. The number of ether oxygens (including phenoxy) is 1. The molecule has 1 aromatic heterocycles. The van der Waals surface area contributed by atoms with Crippen molar-refractivity contribution in [3.63, 3.8) is 0 Å². The van der Waals surface area contributed by atoms with E-state index in [2.05, 4.69) is 0 Å². The van der Waals surface area contributed by atoms with Gasteiger partial charge in [0.25, 0.3) is 5.91 Å². The van der Waals surface area contributed by atoms with Gasteiger partial charge < -0.3 is 9.64 Å². The molecule has 0 bridgehead atoms. The Morgan fingerprint density at radius 2 is 1.93 bits per heavy atom. The first-order valence-corrected chi connectivity index (χ1v) is 11.9. The lowest BCUT2D eigenvalue weighted by atomic mass is 10.2. The highest BCUT2D eigenvalue weighted by Crippen LogP contribution is 2.29. The zero-order chi connectivity index (χ0) is 21.2. The van der Waals surface area contributed by atoms with Gasteiger partial charge in [0.05, 0.1) is 11.5 Å². The molecule has 1 aromatic carbocycles. The van der Waals surface area contributed by atoms with E-state index in [9.17, 15) is 22.4 Å². The molecular formula is C20H22FNO5S2. The summed E-state index contributed by atoms with van der Waals surface area (Å²) in [5, 5.41) is 0. The van der Waals surface area contributed by atoms with E-state index in [4.69, 9.17) is 4.74 Å². The van der Waals surface area contributed by atoms with Crippen molar-refractivity contribution >= 4 is 33.1 Å². The van der Waals surface area contributed by atoms with E-state index < -0.39 is 27.8 Å².